The Morgan fingerprint density at radius 3 is 2.88 bits per heavy atom. The predicted octanol–water partition coefficient (Wildman–Crippen LogP) is 1.50. The average Bonchev–Trinajstić information content (AvgIpc) is 3.17. The Bertz CT molecular complexity index is 881. The van der Waals surface area contributed by atoms with E-state index in [1.165, 1.54) is 34.7 Å². The molecular formula is C13H16N8OS2. The molecule has 3 rings (SSSR count). The van der Waals surface area contributed by atoms with Crippen molar-refractivity contribution < 1.29 is 4.79 Å². The number of carbonyl (C=O) groups is 1. The molecule has 0 saturated heterocycles. The standard InChI is InChI=1S/C13H16N8OS2/c1-7-4-8(2)21(19-7)12-17-18-13(20(12)14)24-6-10-5-23-11(16-10)15-9(3)22/h4-5H,6,14H2,1-3H3,(H,15,16,22). The summed E-state index contributed by atoms with van der Waals surface area (Å²) < 4.78 is 3.06. The summed E-state index contributed by atoms with van der Waals surface area (Å²) in [6.45, 7) is 5.29. The van der Waals surface area contributed by atoms with Gasteiger partial charge < -0.3 is 11.2 Å². The van der Waals surface area contributed by atoms with Crippen molar-refractivity contribution in [2.75, 3.05) is 11.2 Å². The van der Waals surface area contributed by atoms with Crippen LogP contribution in [0.3, 0.4) is 0 Å². The highest BCUT2D eigenvalue weighted by atomic mass is 32.2. The monoisotopic (exact) mass is 364 g/mol. The quantitative estimate of drug-likeness (QED) is 0.520. The zero-order valence-electron chi connectivity index (χ0n) is 13.3. The zero-order chi connectivity index (χ0) is 17.3. The minimum absolute atomic E-state index is 0.139. The molecule has 0 aliphatic carbocycles. The van der Waals surface area contributed by atoms with E-state index < -0.39 is 0 Å². The summed E-state index contributed by atoms with van der Waals surface area (Å²) in [7, 11) is 0. The van der Waals surface area contributed by atoms with Crippen molar-refractivity contribution in [3.8, 4) is 5.95 Å². The Kier molecular flexibility index (Phi) is 4.53. The first kappa shape index (κ1) is 16.5. The van der Waals surface area contributed by atoms with Gasteiger partial charge in [-0.25, -0.2) is 14.3 Å². The molecule has 0 unspecified atom stereocenters. The molecule has 0 aromatic carbocycles. The van der Waals surface area contributed by atoms with E-state index >= 15 is 0 Å². The molecule has 126 valence electrons. The fourth-order valence-electron chi connectivity index (χ4n) is 2.06. The van der Waals surface area contributed by atoms with E-state index in [0.29, 0.717) is 22.0 Å². The van der Waals surface area contributed by atoms with Crippen LogP contribution in [0.4, 0.5) is 5.13 Å². The summed E-state index contributed by atoms with van der Waals surface area (Å²) in [6.07, 6.45) is 0. The molecule has 0 spiro atoms. The number of hydrogen-bond donors (Lipinski definition) is 2. The maximum Gasteiger partial charge on any atom is 0.271 e. The number of nitrogens with two attached hydrogens (primary N) is 1. The van der Waals surface area contributed by atoms with Crippen LogP contribution in [0.1, 0.15) is 24.0 Å². The molecule has 9 nitrogen and oxygen atoms in total. The highest BCUT2D eigenvalue weighted by molar-refractivity contribution is 7.98. The maximum atomic E-state index is 11.0. The van der Waals surface area contributed by atoms with Gasteiger partial charge in [-0.05, 0) is 19.9 Å². The molecule has 0 aliphatic heterocycles. The molecule has 1 amide bonds. The number of aryl methyl sites for hydroxylation is 2. The second-order valence-electron chi connectivity index (χ2n) is 5.11. The van der Waals surface area contributed by atoms with Gasteiger partial charge in [-0.3, -0.25) is 4.79 Å². The van der Waals surface area contributed by atoms with Gasteiger partial charge in [0.1, 0.15) is 0 Å². The van der Waals surface area contributed by atoms with Gasteiger partial charge in [0, 0.05) is 23.8 Å². The number of carbonyl (C=O) groups excluding carboxylic acids is 1. The van der Waals surface area contributed by atoms with E-state index in [4.69, 9.17) is 5.84 Å². The van der Waals surface area contributed by atoms with E-state index in [1.807, 2.05) is 25.3 Å². The topological polar surface area (TPSA) is 117 Å². The summed E-state index contributed by atoms with van der Waals surface area (Å²) in [5.74, 6) is 6.98. The summed E-state index contributed by atoms with van der Waals surface area (Å²) in [6, 6.07) is 1.94. The number of aromatic nitrogens is 6. The van der Waals surface area contributed by atoms with Crippen LogP contribution in [0, 0.1) is 13.8 Å². The fraction of sp³-hybridized carbons (Fsp3) is 0.308. The lowest BCUT2D eigenvalue weighted by atomic mass is 10.4. The summed E-state index contributed by atoms with van der Waals surface area (Å²) in [4.78, 5) is 15.3. The first-order valence-electron chi connectivity index (χ1n) is 7.03. The number of amides is 1. The largest absolute Gasteiger partial charge is 0.334 e. The average molecular weight is 364 g/mol. The van der Waals surface area contributed by atoms with Crippen LogP contribution in [-0.4, -0.2) is 35.5 Å². The summed E-state index contributed by atoms with van der Waals surface area (Å²) in [5, 5.41) is 18.3. The van der Waals surface area contributed by atoms with Crippen LogP contribution in [0.5, 0.6) is 0 Å². The van der Waals surface area contributed by atoms with Crippen molar-refractivity contribution in [1.29, 1.82) is 0 Å². The molecule has 0 aliphatic rings. The molecule has 0 saturated carbocycles. The van der Waals surface area contributed by atoms with E-state index in [1.54, 1.807) is 4.68 Å². The lowest BCUT2D eigenvalue weighted by Gasteiger charge is -2.04. The Morgan fingerprint density at radius 2 is 2.21 bits per heavy atom. The predicted molar refractivity (Wildman–Crippen MR) is 92.7 cm³/mol. The Morgan fingerprint density at radius 1 is 1.42 bits per heavy atom. The molecule has 3 aromatic rings. The lowest BCUT2D eigenvalue weighted by Crippen LogP contribution is -2.17. The smallest absolute Gasteiger partial charge is 0.271 e. The van der Waals surface area contributed by atoms with Crippen molar-refractivity contribution in [2.45, 2.75) is 31.7 Å². The van der Waals surface area contributed by atoms with Crippen LogP contribution in [0.15, 0.2) is 16.6 Å². The maximum absolute atomic E-state index is 11.0. The molecule has 3 aromatic heterocycles. The van der Waals surface area contributed by atoms with Crippen LogP contribution in [0.25, 0.3) is 5.95 Å². The first-order chi connectivity index (χ1) is 11.4. The van der Waals surface area contributed by atoms with Crippen molar-refractivity contribution in [3.05, 3.63) is 28.5 Å². The van der Waals surface area contributed by atoms with Crippen molar-refractivity contribution in [1.82, 2.24) is 29.6 Å². The van der Waals surface area contributed by atoms with Crippen molar-refractivity contribution in [2.24, 2.45) is 0 Å². The van der Waals surface area contributed by atoms with E-state index in [0.717, 1.165) is 17.1 Å². The number of nitrogens with zero attached hydrogens (tertiary/aromatic N) is 6. The highest BCUT2D eigenvalue weighted by Crippen LogP contribution is 2.24. The SMILES string of the molecule is CC(=O)Nc1nc(CSc2nnc(-n3nc(C)cc3C)n2N)cs1. The van der Waals surface area contributed by atoms with Gasteiger partial charge in [-0.1, -0.05) is 11.8 Å². The van der Waals surface area contributed by atoms with Gasteiger partial charge in [-0.15, -0.1) is 21.5 Å². The number of hydrogen-bond acceptors (Lipinski definition) is 8. The molecule has 0 bridgehead atoms. The number of nitrogen functional groups attached to an aromatic ring is 1. The number of rotatable bonds is 5. The van der Waals surface area contributed by atoms with Gasteiger partial charge in [0.25, 0.3) is 5.95 Å². The van der Waals surface area contributed by atoms with Crippen LogP contribution in [-0.2, 0) is 10.5 Å². The third-order valence-electron chi connectivity index (χ3n) is 3.03. The van der Waals surface area contributed by atoms with Crippen LogP contribution >= 0.6 is 23.1 Å². The Hall–Kier alpha value is -2.40. The molecule has 11 heteroatoms. The molecule has 0 atom stereocenters. The Labute approximate surface area is 146 Å². The van der Waals surface area contributed by atoms with Gasteiger partial charge >= 0.3 is 0 Å². The van der Waals surface area contributed by atoms with Crippen LogP contribution < -0.4 is 11.2 Å². The zero-order valence-corrected chi connectivity index (χ0v) is 15.0. The summed E-state index contributed by atoms with van der Waals surface area (Å²) >= 11 is 2.79. The Balaban J connectivity index is 1.71. The van der Waals surface area contributed by atoms with Crippen molar-refractivity contribution >= 4 is 34.1 Å². The second kappa shape index (κ2) is 6.61. The van der Waals surface area contributed by atoms with Gasteiger partial charge in [-0.2, -0.15) is 5.10 Å². The molecule has 0 radical (unpaired) electrons. The molecule has 0 fully saturated rings. The summed E-state index contributed by atoms with van der Waals surface area (Å²) in [5.41, 5.74) is 2.66. The van der Waals surface area contributed by atoms with Gasteiger partial charge in [0.05, 0.1) is 11.4 Å². The second-order valence-corrected chi connectivity index (χ2v) is 6.91. The number of thiazole rings is 1. The number of thioether (sulfide) groups is 1. The van der Waals surface area contributed by atoms with E-state index in [9.17, 15) is 4.79 Å². The van der Waals surface area contributed by atoms with Crippen LogP contribution in [0.2, 0.25) is 0 Å². The van der Waals surface area contributed by atoms with E-state index in [-0.39, 0.29) is 5.91 Å². The molecule has 3 N–H and O–H groups in total. The minimum atomic E-state index is -0.139. The highest BCUT2D eigenvalue weighted by Gasteiger charge is 2.15. The fourth-order valence-corrected chi connectivity index (χ4v) is 3.67. The molecular weight excluding hydrogens is 348 g/mol. The van der Waals surface area contributed by atoms with E-state index in [2.05, 4.69) is 25.6 Å². The molecule has 24 heavy (non-hydrogen) atoms. The first-order valence-corrected chi connectivity index (χ1v) is 8.89. The lowest BCUT2D eigenvalue weighted by molar-refractivity contribution is -0.114. The minimum Gasteiger partial charge on any atom is -0.334 e. The van der Waals surface area contributed by atoms with Gasteiger partial charge in [0.15, 0.2) is 5.13 Å². The molecule has 3 heterocycles. The number of anilines is 1. The third kappa shape index (κ3) is 3.41. The number of nitrogens with one attached hydrogen (secondary N) is 1. The third-order valence-corrected chi connectivity index (χ3v) is 4.81. The van der Waals surface area contributed by atoms with Crippen molar-refractivity contribution in [3.63, 3.8) is 0 Å². The van der Waals surface area contributed by atoms with Gasteiger partial charge in [0.2, 0.25) is 11.1 Å². The normalized spacial score (nSPS) is 11.0.